The number of hydrogen-bond donors (Lipinski definition) is 1. The van der Waals surface area contributed by atoms with E-state index in [9.17, 15) is 4.79 Å². The van der Waals surface area contributed by atoms with Crippen molar-refractivity contribution in [3.05, 3.63) is 100 Å². The van der Waals surface area contributed by atoms with E-state index in [1.807, 2.05) is 67.6 Å². The number of carbonyl (C=O) groups is 1. The van der Waals surface area contributed by atoms with Crippen LogP contribution in [0.5, 0.6) is 5.75 Å². The highest BCUT2D eigenvalue weighted by molar-refractivity contribution is 9.10. The lowest BCUT2D eigenvalue weighted by atomic mass is 10.1. The summed E-state index contributed by atoms with van der Waals surface area (Å²) in [5, 5.41) is 4.21. The van der Waals surface area contributed by atoms with Crippen molar-refractivity contribution in [1.29, 1.82) is 0 Å². The van der Waals surface area contributed by atoms with Crippen LogP contribution in [0.1, 0.15) is 28.4 Å². The highest BCUT2D eigenvalue weighted by atomic mass is 79.9. The number of benzene rings is 3. The number of nitrogens with one attached hydrogen (secondary N) is 1. The van der Waals surface area contributed by atoms with Crippen molar-refractivity contribution in [3.63, 3.8) is 0 Å². The van der Waals surface area contributed by atoms with Crippen molar-refractivity contribution in [2.45, 2.75) is 13.5 Å². The highest BCUT2D eigenvalue weighted by Crippen LogP contribution is 2.19. The summed E-state index contributed by atoms with van der Waals surface area (Å²) in [4.78, 5) is 12.6. The van der Waals surface area contributed by atoms with Gasteiger partial charge in [0.25, 0.3) is 5.91 Å². The minimum absolute atomic E-state index is 0.310. The van der Waals surface area contributed by atoms with Crippen molar-refractivity contribution in [3.8, 4) is 5.75 Å². The van der Waals surface area contributed by atoms with Gasteiger partial charge in [0.05, 0.1) is 11.3 Å². The smallest absolute Gasteiger partial charge is 0.275 e. The Hall–Kier alpha value is -2.92. The van der Waals surface area contributed by atoms with Crippen LogP contribution in [-0.4, -0.2) is 11.6 Å². The van der Waals surface area contributed by atoms with Gasteiger partial charge < -0.3 is 4.74 Å². The molecule has 0 radical (unpaired) electrons. The molecule has 4 nitrogen and oxygen atoms in total. The van der Waals surface area contributed by atoms with Crippen LogP contribution < -0.4 is 10.2 Å². The molecule has 3 aromatic rings. The van der Waals surface area contributed by atoms with E-state index in [1.54, 1.807) is 18.2 Å². The summed E-state index contributed by atoms with van der Waals surface area (Å²) < 4.78 is 6.83. The lowest BCUT2D eigenvalue weighted by Crippen LogP contribution is -2.20. The van der Waals surface area contributed by atoms with Gasteiger partial charge in [0.15, 0.2) is 0 Å². The van der Waals surface area contributed by atoms with Crippen LogP contribution in [0.3, 0.4) is 0 Å². The molecule has 0 fully saturated rings. The predicted molar refractivity (Wildman–Crippen MR) is 111 cm³/mol. The standard InChI is InChI=1S/C22H19BrN2O2/c1-16(18-11-13-19(23)14-12-18)24-25-22(26)20-9-5-6-10-21(20)27-15-17-7-3-2-4-8-17/h2-14H,15H2,1H3,(H,25,26). The summed E-state index contributed by atoms with van der Waals surface area (Å²) in [5.41, 5.74) is 5.75. The zero-order valence-corrected chi connectivity index (χ0v) is 16.4. The Balaban J connectivity index is 1.69. The predicted octanol–water partition coefficient (Wildman–Crippen LogP) is 5.18. The summed E-state index contributed by atoms with van der Waals surface area (Å²) in [6.07, 6.45) is 0. The molecule has 0 atom stereocenters. The van der Waals surface area contributed by atoms with Crippen molar-refractivity contribution < 1.29 is 9.53 Å². The fraction of sp³-hybridized carbons (Fsp3) is 0.0909. The van der Waals surface area contributed by atoms with Gasteiger partial charge in [0.1, 0.15) is 12.4 Å². The fourth-order valence-corrected chi connectivity index (χ4v) is 2.73. The minimum atomic E-state index is -0.310. The number of para-hydroxylation sites is 1. The summed E-state index contributed by atoms with van der Waals surface area (Å²) in [6.45, 7) is 2.24. The second kappa shape index (κ2) is 9.14. The first-order chi connectivity index (χ1) is 13.1. The van der Waals surface area contributed by atoms with Gasteiger partial charge >= 0.3 is 0 Å². The third-order valence-electron chi connectivity index (χ3n) is 3.96. The Kier molecular flexibility index (Phi) is 6.39. The first-order valence-corrected chi connectivity index (χ1v) is 9.29. The van der Waals surface area contributed by atoms with E-state index >= 15 is 0 Å². The van der Waals surface area contributed by atoms with Crippen LogP contribution in [0, 0.1) is 0 Å². The molecule has 5 heteroatoms. The monoisotopic (exact) mass is 422 g/mol. The van der Waals surface area contributed by atoms with Gasteiger partial charge in [0.2, 0.25) is 0 Å². The molecule has 3 aromatic carbocycles. The van der Waals surface area contributed by atoms with Gasteiger partial charge in [-0.3, -0.25) is 4.79 Å². The number of halogens is 1. The first kappa shape index (κ1) is 18.9. The van der Waals surface area contributed by atoms with Crippen LogP contribution in [0.25, 0.3) is 0 Å². The number of rotatable bonds is 6. The molecule has 3 rings (SSSR count). The maximum absolute atomic E-state index is 12.6. The molecule has 0 heterocycles. The Morgan fingerprint density at radius 3 is 2.37 bits per heavy atom. The maximum Gasteiger partial charge on any atom is 0.275 e. The van der Waals surface area contributed by atoms with Gasteiger partial charge in [-0.15, -0.1) is 0 Å². The molecule has 27 heavy (non-hydrogen) atoms. The van der Waals surface area contributed by atoms with Crippen molar-refractivity contribution in [1.82, 2.24) is 5.43 Å². The number of ether oxygens (including phenoxy) is 1. The second-order valence-electron chi connectivity index (χ2n) is 5.92. The van der Waals surface area contributed by atoms with E-state index in [-0.39, 0.29) is 5.91 Å². The second-order valence-corrected chi connectivity index (χ2v) is 6.83. The molecule has 0 saturated carbocycles. The molecule has 0 aliphatic rings. The number of nitrogens with zero attached hydrogens (tertiary/aromatic N) is 1. The van der Waals surface area contributed by atoms with Crippen molar-refractivity contribution >= 4 is 27.5 Å². The van der Waals surface area contributed by atoms with E-state index in [2.05, 4.69) is 26.5 Å². The van der Waals surface area contributed by atoms with E-state index in [1.165, 1.54) is 0 Å². The number of amides is 1. The molecular weight excluding hydrogens is 404 g/mol. The summed E-state index contributed by atoms with van der Waals surface area (Å²) in [5.74, 6) is 0.213. The van der Waals surface area contributed by atoms with Crippen LogP contribution in [0.4, 0.5) is 0 Å². The average Bonchev–Trinajstić information content (AvgIpc) is 2.71. The van der Waals surface area contributed by atoms with E-state index in [4.69, 9.17) is 4.74 Å². The number of hydrogen-bond acceptors (Lipinski definition) is 3. The normalized spacial score (nSPS) is 11.1. The third kappa shape index (κ3) is 5.28. The summed E-state index contributed by atoms with van der Waals surface area (Å²) in [6, 6.07) is 24.7. The van der Waals surface area contributed by atoms with Crippen LogP contribution in [-0.2, 0) is 6.61 Å². The minimum Gasteiger partial charge on any atom is -0.488 e. The Bertz CT molecular complexity index is 938. The highest BCUT2D eigenvalue weighted by Gasteiger charge is 2.12. The SMILES string of the molecule is CC(=NNC(=O)c1ccccc1OCc1ccccc1)c1ccc(Br)cc1. The molecule has 1 amide bonds. The largest absolute Gasteiger partial charge is 0.488 e. The van der Waals surface area contributed by atoms with Gasteiger partial charge in [0, 0.05) is 4.47 Å². The van der Waals surface area contributed by atoms with E-state index < -0.39 is 0 Å². The third-order valence-corrected chi connectivity index (χ3v) is 4.48. The van der Waals surface area contributed by atoms with Gasteiger partial charge in [-0.25, -0.2) is 5.43 Å². The van der Waals surface area contributed by atoms with Gasteiger partial charge in [-0.1, -0.05) is 70.5 Å². The Morgan fingerprint density at radius 2 is 1.63 bits per heavy atom. The molecule has 0 aromatic heterocycles. The number of hydrazone groups is 1. The molecule has 1 N–H and O–H groups in total. The topological polar surface area (TPSA) is 50.7 Å². The molecule has 0 unspecified atom stereocenters. The lowest BCUT2D eigenvalue weighted by molar-refractivity contribution is 0.0950. The average molecular weight is 423 g/mol. The Morgan fingerprint density at radius 1 is 0.963 bits per heavy atom. The Labute approximate surface area is 167 Å². The summed E-state index contributed by atoms with van der Waals surface area (Å²) in [7, 11) is 0. The molecule has 136 valence electrons. The zero-order valence-electron chi connectivity index (χ0n) is 14.9. The molecule has 0 aliphatic carbocycles. The maximum atomic E-state index is 12.6. The van der Waals surface area contributed by atoms with Crippen molar-refractivity contribution in [2.24, 2.45) is 5.10 Å². The van der Waals surface area contributed by atoms with Crippen LogP contribution >= 0.6 is 15.9 Å². The van der Waals surface area contributed by atoms with Gasteiger partial charge in [-0.2, -0.15) is 5.10 Å². The van der Waals surface area contributed by atoms with Crippen molar-refractivity contribution in [2.75, 3.05) is 0 Å². The van der Waals surface area contributed by atoms with E-state index in [0.29, 0.717) is 17.9 Å². The molecular formula is C22H19BrN2O2. The quantitative estimate of drug-likeness (QED) is 0.439. The van der Waals surface area contributed by atoms with Gasteiger partial charge in [-0.05, 0) is 42.3 Å². The molecule has 0 saturated heterocycles. The molecule has 0 aliphatic heterocycles. The molecule has 0 bridgehead atoms. The van der Waals surface area contributed by atoms with Crippen LogP contribution in [0.2, 0.25) is 0 Å². The zero-order chi connectivity index (χ0) is 19.1. The van der Waals surface area contributed by atoms with Crippen LogP contribution in [0.15, 0.2) is 88.4 Å². The fourth-order valence-electron chi connectivity index (χ4n) is 2.47. The summed E-state index contributed by atoms with van der Waals surface area (Å²) >= 11 is 3.40. The lowest BCUT2D eigenvalue weighted by Gasteiger charge is -2.11. The van der Waals surface area contributed by atoms with E-state index in [0.717, 1.165) is 21.3 Å². The number of carbonyl (C=O) groups excluding carboxylic acids is 1. The first-order valence-electron chi connectivity index (χ1n) is 8.50. The molecule has 0 spiro atoms.